The molecule has 2 atom stereocenters. The molecule has 0 fully saturated rings. The number of rotatable bonds is 8. The van der Waals surface area contributed by atoms with E-state index in [2.05, 4.69) is 15.6 Å². The van der Waals surface area contributed by atoms with Crippen molar-refractivity contribution in [3.05, 3.63) is 36.0 Å². The molecule has 2 rings (SSSR count). The monoisotopic (exact) mass is 417 g/mol. The maximum Gasteiger partial charge on any atom is 0.408 e. The maximum absolute atomic E-state index is 12.8. The number of benzene rings is 1. The van der Waals surface area contributed by atoms with Crippen molar-refractivity contribution < 1.29 is 24.2 Å². The highest BCUT2D eigenvalue weighted by molar-refractivity contribution is 5.90. The van der Waals surface area contributed by atoms with E-state index in [1.165, 1.54) is 0 Å². The smallest absolute Gasteiger partial charge is 0.408 e. The highest BCUT2D eigenvalue weighted by Gasteiger charge is 2.29. The lowest BCUT2D eigenvalue weighted by atomic mass is 10.0. The average Bonchev–Trinajstić information content (AvgIpc) is 3.01. The second kappa shape index (κ2) is 9.65. The van der Waals surface area contributed by atoms with Crippen LogP contribution in [0.1, 0.15) is 46.6 Å². The lowest BCUT2D eigenvalue weighted by molar-refractivity contribution is -0.142. The van der Waals surface area contributed by atoms with Crippen molar-refractivity contribution >= 4 is 28.9 Å². The summed E-state index contributed by atoms with van der Waals surface area (Å²) in [6.45, 7) is 9.01. The highest BCUT2D eigenvalue weighted by Crippen LogP contribution is 2.19. The van der Waals surface area contributed by atoms with E-state index >= 15 is 0 Å². The number of aromatic amines is 1. The van der Waals surface area contributed by atoms with E-state index in [-0.39, 0.29) is 12.3 Å². The molecule has 0 aliphatic rings. The van der Waals surface area contributed by atoms with Crippen LogP contribution >= 0.6 is 0 Å². The molecule has 4 N–H and O–H groups in total. The molecule has 2 amide bonds. The van der Waals surface area contributed by atoms with Crippen molar-refractivity contribution in [2.45, 2.75) is 65.1 Å². The van der Waals surface area contributed by atoms with Gasteiger partial charge in [-0.15, -0.1) is 0 Å². The number of ether oxygens (including phenoxy) is 1. The Bertz CT molecular complexity index is 898. The number of carbonyl (C=O) groups is 3. The van der Waals surface area contributed by atoms with Gasteiger partial charge in [0.1, 0.15) is 17.7 Å². The highest BCUT2D eigenvalue weighted by atomic mass is 16.6. The van der Waals surface area contributed by atoms with Crippen molar-refractivity contribution in [1.29, 1.82) is 0 Å². The summed E-state index contributed by atoms with van der Waals surface area (Å²) in [6, 6.07) is 5.52. The van der Waals surface area contributed by atoms with Crippen LogP contribution < -0.4 is 10.6 Å². The van der Waals surface area contributed by atoms with E-state index in [9.17, 15) is 19.5 Å². The molecule has 1 aromatic heterocycles. The first kappa shape index (κ1) is 23.3. The molecule has 1 aromatic carbocycles. The Morgan fingerprint density at radius 1 is 1.10 bits per heavy atom. The Kier molecular flexibility index (Phi) is 7.48. The number of H-pyrrole nitrogens is 1. The van der Waals surface area contributed by atoms with Gasteiger partial charge in [0.25, 0.3) is 0 Å². The van der Waals surface area contributed by atoms with Crippen molar-refractivity contribution in [1.82, 2.24) is 15.6 Å². The van der Waals surface area contributed by atoms with Gasteiger partial charge < -0.3 is 25.5 Å². The van der Waals surface area contributed by atoms with Gasteiger partial charge in [0, 0.05) is 23.5 Å². The Morgan fingerprint density at radius 2 is 1.77 bits per heavy atom. The summed E-state index contributed by atoms with van der Waals surface area (Å²) in [5, 5.41) is 15.7. The average molecular weight is 418 g/mol. The molecular formula is C22H31N3O5. The molecule has 0 aliphatic carbocycles. The lowest BCUT2D eigenvalue weighted by Gasteiger charge is -2.25. The van der Waals surface area contributed by atoms with Crippen molar-refractivity contribution in [3.8, 4) is 0 Å². The van der Waals surface area contributed by atoms with Crippen molar-refractivity contribution in [2.24, 2.45) is 5.92 Å². The number of nitrogens with one attached hydrogen (secondary N) is 3. The zero-order valence-electron chi connectivity index (χ0n) is 18.1. The summed E-state index contributed by atoms with van der Waals surface area (Å²) in [6.07, 6.45) is 1.50. The van der Waals surface area contributed by atoms with Crippen LogP contribution in [0.5, 0.6) is 0 Å². The lowest BCUT2D eigenvalue weighted by Crippen LogP contribution is -2.53. The number of hydrogen-bond acceptors (Lipinski definition) is 4. The van der Waals surface area contributed by atoms with Gasteiger partial charge in [0.15, 0.2) is 0 Å². The molecule has 0 saturated carbocycles. The van der Waals surface area contributed by atoms with E-state index in [0.29, 0.717) is 6.42 Å². The molecule has 30 heavy (non-hydrogen) atoms. The maximum atomic E-state index is 12.8. The Labute approximate surface area is 176 Å². The first-order valence-electron chi connectivity index (χ1n) is 10.0. The molecule has 2 unspecified atom stereocenters. The Balaban J connectivity index is 2.13. The van der Waals surface area contributed by atoms with Gasteiger partial charge in [-0.25, -0.2) is 9.59 Å². The summed E-state index contributed by atoms with van der Waals surface area (Å²) in [5.74, 6) is -1.59. The van der Waals surface area contributed by atoms with Gasteiger partial charge >= 0.3 is 12.1 Å². The molecule has 8 heteroatoms. The van der Waals surface area contributed by atoms with Crippen LogP contribution in [0.4, 0.5) is 4.79 Å². The second-order valence-corrected chi connectivity index (χ2v) is 8.79. The third-order valence-corrected chi connectivity index (χ3v) is 4.43. The van der Waals surface area contributed by atoms with Crippen LogP contribution in [0.25, 0.3) is 10.9 Å². The zero-order chi connectivity index (χ0) is 22.5. The van der Waals surface area contributed by atoms with Gasteiger partial charge in [0.2, 0.25) is 5.91 Å². The van der Waals surface area contributed by atoms with E-state index in [0.717, 1.165) is 16.5 Å². The predicted octanol–water partition coefficient (Wildman–Crippen LogP) is 3.22. The number of aromatic nitrogens is 1. The summed E-state index contributed by atoms with van der Waals surface area (Å²) in [7, 11) is 0. The molecule has 2 aromatic rings. The van der Waals surface area contributed by atoms with Crippen LogP contribution in [-0.2, 0) is 20.7 Å². The first-order chi connectivity index (χ1) is 14.0. The number of amides is 2. The number of alkyl carbamates (subject to hydrolysis) is 1. The first-order valence-corrected chi connectivity index (χ1v) is 10.0. The number of fused-ring (bicyclic) bond motifs is 1. The largest absolute Gasteiger partial charge is 0.480 e. The number of carboxylic acid groups (broad SMARTS) is 1. The number of carbonyl (C=O) groups excluding carboxylic acids is 2. The molecule has 8 nitrogen and oxygen atoms in total. The van der Waals surface area contributed by atoms with E-state index in [4.69, 9.17) is 4.74 Å². The molecule has 0 radical (unpaired) electrons. The fraction of sp³-hybridized carbons (Fsp3) is 0.500. The molecular weight excluding hydrogens is 386 g/mol. The zero-order valence-corrected chi connectivity index (χ0v) is 18.1. The number of aliphatic carboxylic acids is 1. The SMILES string of the molecule is CC(C)CC(NC(=O)OC(C)(C)C)C(=O)NC(Cc1c[nH]c2ccccc12)C(=O)O. The van der Waals surface area contributed by atoms with Crippen molar-refractivity contribution in [2.75, 3.05) is 0 Å². The van der Waals surface area contributed by atoms with Crippen LogP contribution in [0.15, 0.2) is 30.5 Å². The number of hydrogen-bond donors (Lipinski definition) is 4. The summed E-state index contributed by atoms with van der Waals surface area (Å²) in [5.41, 5.74) is 0.980. The number of para-hydroxylation sites is 1. The summed E-state index contributed by atoms with van der Waals surface area (Å²) in [4.78, 5) is 39.9. The van der Waals surface area contributed by atoms with Crippen LogP contribution in [0.3, 0.4) is 0 Å². The normalized spacial score (nSPS) is 13.7. The predicted molar refractivity (Wildman–Crippen MR) is 114 cm³/mol. The van der Waals surface area contributed by atoms with Crippen LogP contribution in [-0.4, -0.2) is 45.7 Å². The van der Waals surface area contributed by atoms with Gasteiger partial charge in [-0.3, -0.25) is 4.79 Å². The molecule has 0 aliphatic heterocycles. The number of carboxylic acids is 1. The van der Waals surface area contributed by atoms with Crippen LogP contribution in [0.2, 0.25) is 0 Å². The van der Waals surface area contributed by atoms with Crippen molar-refractivity contribution in [3.63, 3.8) is 0 Å². The van der Waals surface area contributed by atoms with E-state index in [1.54, 1.807) is 27.0 Å². The van der Waals surface area contributed by atoms with Gasteiger partial charge in [0.05, 0.1) is 0 Å². The summed E-state index contributed by atoms with van der Waals surface area (Å²) >= 11 is 0. The summed E-state index contributed by atoms with van der Waals surface area (Å²) < 4.78 is 5.24. The van der Waals surface area contributed by atoms with Crippen LogP contribution in [0, 0.1) is 5.92 Å². The standard InChI is InChI=1S/C22H31N3O5/c1-13(2)10-17(25-21(29)30-22(3,4)5)19(26)24-18(20(27)28)11-14-12-23-16-9-7-6-8-15(14)16/h6-9,12-13,17-18,23H,10-11H2,1-5H3,(H,24,26)(H,25,29)(H,27,28). The minimum Gasteiger partial charge on any atom is -0.480 e. The second-order valence-electron chi connectivity index (χ2n) is 8.79. The molecule has 1 heterocycles. The Hall–Kier alpha value is -3.03. The van der Waals surface area contributed by atoms with E-state index in [1.807, 2.05) is 38.1 Å². The third kappa shape index (κ3) is 6.79. The quantitative estimate of drug-likeness (QED) is 0.526. The van der Waals surface area contributed by atoms with Gasteiger partial charge in [-0.1, -0.05) is 32.0 Å². The minimum atomic E-state index is -1.14. The molecule has 0 bridgehead atoms. The van der Waals surface area contributed by atoms with Gasteiger partial charge in [-0.05, 0) is 44.7 Å². The molecule has 0 saturated heterocycles. The third-order valence-electron chi connectivity index (χ3n) is 4.43. The minimum absolute atomic E-state index is 0.104. The molecule has 164 valence electrons. The Morgan fingerprint density at radius 3 is 2.37 bits per heavy atom. The van der Waals surface area contributed by atoms with E-state index < -0.39 is 35.7 Å². The topological polar surface area (TPSA) is 121 Å². The fourth-order valence-electron chi connectivity index (χ4n) is 3.15. The van der Waals surface area contributed by atoms with Gasteiger partial charge in [-0.2, -0.15) is 0 Å². The molecule has 0 spiro atoms. The fourth-order valence-corrected chi connectivity index (χ4v) is 3.15.